The number of nitrogens with two attached hydrogens (primary N) is 1. The molecular weight excluding hydrogens is 382 g/mol. The van der Waals surface area contributed by atoms with Crippen molar-refractivity contribution in [3.8, 4) is 0 Å². The molecule has 0 aromatic heterocycles. The summed E-state index contributed by atoms with van der Waals surface area (Å²) in [6.07, 6.45) is 0. The summed E-state index contributed by atoms with van der Waals surface area (Å²) in [5.41, 5.74) is 6.56. The first-order chi connectivity index (χ1) is 12.8. The van der Waals surface area contributed by atoms with Crippen LogP contribution in [0.4, 0.5) is 11.4 Å². The number of nitrogens with one attached hydrogen (secondary N) is 2. The van der Waals surface area contributed by atoms with Crippen LogP contribution in [-0.4, -0.2) is 28.7 Å². The second-order valence-electron chi connectivity index (χ2n) is 5.71. The molecule has 142 valence electrons. The van der Waals surface area contributed by atoms with Gasteiger partial charge in [-0.2, -0.15) is 0 Å². The minimum atomic E-state index is -0.409. The van der Waals surface area contributed by atoms with Gasteiger partial charge in [-0.15, -0.1) is 23.5 Å². The number of anilines is 2. The van der Waals surface area contributed by atoms with Gasteiger partial charge in [0, 0.05) is 22.4 Å². The molecule has 0 fully saturated rings. The Kier molecular flexibility index (Phi) is 7.75. The second kappa shape index (κ2) is 10.0. The molecule has 8 heteroatoms. The molecule has 0 aliphatic carbocycles. The molecule has 1 unspecified atom stereocenters. The average Bonchev–Trinajstić information content (AvgIpc) is 2.62. The van der Waals surface area contributed by atoms with Crippen molar-refractivity contribution >= 4 is 52.6 Å². The Bertz CT molecular complexity index is 825. The summed E-state index contributed by atoms with van der Waals surface area (Å²) < 4.78 is 0. The topological polar surface area (TPSA) is 101 Å². The molecule has 0 saturated heterocycles. The molecular formula is C19H21N3O3S2. The van der Waals surface area contributed by atoms with Crippen molar-refractivity contribution in [2.24, 2.45) is 5.73 Å². The van der Waals surface area contributed by atoms with Gasteiger partial charge in [-0.3, -0.25) is 14.4 Å². The van der Waals surface area contributed by atoms with E-state index in [9.17, 15) is 14.4 Å². The summed E-state index contributed by atoms with van der Waals surface area (Å²) in [7, 11) is 0. The van der Waals surface area contributed by atoms with Crippen LogP contribution in [0.2, 0.25) is 0 Å². The number of para-hydroxylation sites is 1. The molecule has 0 heterocycles. The number of hydrogen-bond acceptors (Lipinski definition) is 5. The Hall–Kier alpha value is -2.45. The third kappa shape index (κ3) is 6.99. The number of carbonyl (C=O) groups is 3. The minimum Gasteiger partial charge on any atom is -0.369 e. The maximum atomic E-state index is 12.5. The van der Waals surface area contributed by atoms with E-state index in [1.807, 2.05) is 37.3 Å². The highest BCUT2D eigenvalue weighted by molar-refractivity contribution is 8.00. The lowest BCUT2D eigenvalue weighted by Gasteiger charge is -2.14. The van der Waals surface area contributed by atoms with E-state index in [1.165, 1.54) is 30.4 Å². The lowest BCUT2D eigenvalue weighted by molar-refractivity contribution is -0.116. The van der Waals surface area contributed by atoms with Gasteiger partial charge in [0.1, 0.15) is 0 Å². The SMILES string of the molecule is CC(=O)Nc1ccc(SC(C)C(=O)Nc2ccccc2SCC(N)=O)cc1. The molecule has 0 spiro atoms. The van der Waals surface area contributed by atoms with Gasteiger partial charge in [0.15, 0.2) is 0 Å². The van der Waals surface area contributed by atoms with Gasteiger partial charge in [-0.05, 0) is 43.3 Å². The molecule has 0 aliphatic heterocycles. The zero-order valence-electron chi connectivity index (χ0n) is 15.0. The Morgan fingerprint density at radius 2 is 1.70 bits per heavy atom. The molecule has 1 atom stereocenters. The first kappa shape index (κ1) is 20.9. The Morgan fingerprint density at radius 1 is 1.04 bits per heavy atom. The molecule has 2 aromatic carbocycles. The Labute approximate surface area is 166 Å². The van der Waals surface area contributed by atoms with Crippen molar-refractivity contribution in [2.45, 2.75) is 28.9 Å². The maximum Gasteiger partial charge on any atom is 0.237 e. The molecule has 2 aromatic rings. The predicted octanol–water partition coefficient (Wildman–Crippen LogP) is 3.34. The summed E-state index contributed by atoms with van der Waals surface area (Å²) in [6, 6.07) is 14.6. The van der Waals surface area contributed by atoms with Crippen LogP contribution in [-0.2, 0) is 14.4 Å². The van der Waals surface area contributed by atoms with E-state index in [1.54, 1.807) is 18.2 Å². The minimum absolute atomic E-state index is 0.129. The Morgan fingerprint density at radius 3 is 2.33 bits per heavy atom. The van der Waals surface area contributed by atoms with Crippen molar-refractivity contribution < 1.29 is 14.4 Å². The van der Waals surface area contributed by atoms with E-state index < -0.39 is 5.91 Å². The van der Waals surface area contributed by atoms with Crippen molar-refractivity contribution in [3.63, 3.8) is 0 Å². The van der Waals surface area contributed by atoms with Gasteiger partial charge in [0.2, 0.25) is 17.7 Å². The van der Waals surface area contributed by atoms with E-state index in [0.717, 1.165) is 9.79 Å². The monoisotopic (exact) mass is 403 g/mol. The number of hydrogen-bond donors (Lipinski definition) is 3. The van der Waals surface area contributed by atoms with Gasteiger partial charge in [0.25, 0.3) is 0 Å². The fourth-order valence-corrected chi connectivity index (χ4v) is 3.77. The van der Waals surface area contributed by atoms with Crippen LogP contribution in [0, 0.1) is 0 Å². The summed E-state index contributed by atoms with van der Waals surface area (Å²) >= 11 is 2.71. The van der Waals surface area contributed by atoms with Crippen LogP contribution < -0.4 is 16.4 Å². The van der Waals surface area contributed by atoms with Crippen LogP contribution >= 0.6 is 23.5 Å². The number of thioether (sulfide) groups is 2. The van der Waals surface area contributed by atoms with Crippen LogP contribution in [0.1, 0.15) is 13.8 Å². The van der Waals surface area contributed by atoms with Crippen LogP contribution in [0.5, 0.6) is 0 Å². The van der Waals surface area contributed by atoms with Gasteiger partial charge < -0.3 is 16.4 Å². The zero-order chi connectivity index (χ0) is 19.8. The third-order valence-corrected chi connectivity index (χ3v) is 5.58. The fraction of sp³-hybridized carbons (Fsp3) is 0.211. The zero-order valence-corrected chi connectivity index (χ0v) is 16.7. The fourth-order valence-electron chi connectivity index (χ4n) is 2.16. The van der Waals surface area contributed by atoms with Crippen molar-refractivity contribution in [1.82, 2.24) is 0 Å². The second-order valence-corrected chi connectivity index (χ2v) is 8.14. The van der Waals surface area contributed by atoms with Gasteiger partial charge in [-0.25, -0.2) is 0 Å². The van der Waals surface area contributed by atoms with Gasteiger partial charge >= 0.3 is 0 Å². The molecule has 4 N–H and O–H groups in total. The largest absolute Gasteiger partial charge is 0.369 e. The average molecular weight is 404 g/mol. The summed E-state index contributed by atoms with van der Waals surface area (Å²) in [5.74, 6) is -0.528. The normalized spacial score (nSPS) is 11.5. The van der Waals surface area contributed by atoms with Gasteiger partial charge in [0.05, 0.1) is 16.7 Å². The smallest absolute Gasteiger partial charge is 0.237 e. The highest BCUT2D eigenvalue weighted by Gasteiger charge is 2.16. The number of rotatable bonds is 8. The summed E-state index contributed by atoms with van der Waals surface area (Å²) in [5, 5.41) is 5.28. The van der Waals surface area contributed by atoms with Crippen LogP contribution in [0.25, 0.3) is 0 Å². The van der Waals surface area contributed by atoms with Crippen molar-refractivity contribution in [2.75, 3.05) is 16.4 Å². The molecule has 0 aliphatic rings. The lowest BCUT2D eigenvalue weighted by Crippen LogP contribution is -2.22. The van der Waals surface area contributed by atoms with E-state index >= 15 is 0 Å². The number of benzene rings is 2. The number of carbonyl (C=O) groups excluding carboxylic acids is 3. The summed E-state index contributed by atoms with van der Waals surface area (Å²) in [4.78, 5) is 36.3. The van der Waals surface area contributed by atoms with Crippen molar-refractivity contribution in [1.29, 1.82) is 0 Å². The summed E-state index contributed by atoms with van der Waals surface area (Å²) in [6.45, 7) is 3.27. The first-order valence-electron chi connectivity index (χ1n) is 8.20. The lowest BCUT2D eigenvalue weighted by atomic mass is 10.3. The van der Waals surface area contributed by atoms with Crippen LogP contribution in [0.3, 0.4) is 0 Å². The third-order valence-electron chi connectivity index (χ3n) is 3.37. The number of amides is 3. The van der Waals surface area contributed by atoms with Gasteiger partial charge in [-0.1, -0.05) is 12.1 Å². The highest BCUT2D eigenvalue weighted by Crippen LogP contribution is 2.29. The standard InChI is InChI=1S/C19H21N3O3S2/c1-12(27-15-9-7-14(8-10-15)21-13(2)23)19(25)22-16-5-3-4-6-17(16)26-11-18(20)24/h3-10,12H,11H2,1-2H3,(H2,20,24)(H,21,23)(H,22,25). The van der Waals surface area contributed by atoms with E-state index in [2.05, 4.69) is 10.6 Å². The molecule has 3 amide bonds. The maximum absolute atomic E-state index is 12.5. The molecule has 0 saturated carbocycles. The molecule has 27 heavy (non-hydrogen) atoms. The molecule has 0 bridgehead atoms. The molecule has 2 rings (SSSR count). The van der Waals surface area contributed by atoms with E-state index in [4.69, 9.17) is 5.73 Å². The molecule has 6 nitrogen and oxygen atoms in total. The van der Waals surface area contributed by atoms with E-state index in [-0.39, 0.29) is 22.8 Å². The molecule has 0 radical (unpaired) electrons. The Balaban J connectivity index is 1.97. The highest BCUT2D eigenvalue weighted by atomic mass is 32.2. The van der Waals surface area contributed by atoms with E-state index in [0.29, 0.717) is 11.4 Å². The van der Waals surface area contributed by atoms with Crippen LogP contribution in [0.15, 0.2) is 58.3 Å². The first-order valence-corrected chi connectivity index (χ1v) is 10.1. The number of primary amides is 1. The van der Waals surface area contributed by atoms with Crippen molar-refractivity contribution in [3.05, 3.63) is 48.5 Å². The predicted molar refractivity (Wildman–Crippen MR) is 111 cm³/mol. The quantitative estimate of drug-likeness (QED) is 0.587.